The number of sulfonamides is 1. The maximum Gasteiger partial charge on any atom is 0.288 e. The quantitative estimate of drug-likeness (QED) is 0.745. The fourth-order valence-electron chi connectivity index (χ4n) is 1.41. The SMILES string of the molecule is O=S(=O)(Nc1ccccc1SC(F)F)c1sccc1Br. The molecule has 0 amide bonds. The first kappa shape index (κ1) is 15.7. The predicted molar refractivity (Wildman–Crippen MR) is 81.1 cm³/mol. The van der Waals surface area contributed by atoms with Gasteiger partial charge in [0.25, 0.3) is 15.8 Å². The zero-order chi connectivity index (χ0) is 14.8. The van der Waals surface area contributed by atoms with Crippen LogP contribution in [0.2, 0.25) is 0 Å². The molecule has 0 radical (unpaired) electrons. The number of hydrogen-bond acceptors (Lipinski definition) is 4. The molecule has 0 saturated heterocycles. The summed E-state index contributed by atoms with van der Waals surface area (Å²) in [5.41, 5.74) is 0.137. The van der Waals surface area contributed by atoms with Gasteiger partial charge in [-0.05, 0) is 39.5 Å². The minimum atomic E-state index is -3.80. The van der Waals surface area contributed by atoms with Crippen LogP contribution < -0.4 is 4.72 Å². The number of hydrogen-bond donors (Lipinski definition) is 1. The number of thiophene rings is 1. The van der Waals surface area contributed by atoms with E-state index in [9.17, 15) is 17.2 Å². The Balaban J connectivity index is 2.33. The highest BCUT2D eigenvalue weighted by Gasteiger charge is 2.21. The maximum atomic E-state index is 12.5. The van der Waals surface area contributed by atoms with Crippen LogP contribution in [0.25, 0.3) is 0 Å². The number of halogens is 3. The minimum absolute atomic E-state index is 0.106. The molecule has 1 aromatic heterocycles. The Morgan fingerprint density at radius 2 is 1.95 bits per heavy atom. The van der Waals surface area contributed by atoms with Gasteiger partial charge in [-0.3, -0.25) is 4.72 Å². The van der Waals surface area contributed by atoms with E-state index in [1.165, 1.54) is 12.1 Å². The summed E-state index contributed by atoms with van der Waals surface area (Å²) in [7, 11) is -3.80. The Bertz CT molecular complexity index is 703. The molecule has 0 spiro atoms. The molecular weight excluding hydrogens is 392 g/mol. The van der Waals surface area contributed by atoms with Gasteiger partial charge in [0.15, 0.2) is 4.21 Å². The van der Waals surface area contributed by atoms with Crippen molar-refractivity contribution in [3.63, 3.8) is 0 Å². The topological polar surface area (TPSA) is 46.2 Å². The van der Waals surface area contributed by atoms with Crippen molar-refractivity contribution in [3.8, 4) is 0 Å². The monoisotopic (exact) mass is 399 g/mol. The second kappa shape index (κ2) is 6.42. The molecule has 0 aliphatic rings. The summed E-state index contributed by atoms with van der Waals surface area (Å²) in [5, 5.41) is 1.62. The number of benzene rings is 1. The molecular formula is C11H8BrF2NO2S3. The highest BCUT2D eigenvalue weighted by molar-refractivity contribution is 9.10. The Morgan fingerprint density at radius 1 is 1.25 bits per heavy atom. The number of para-hydroxylation sites is 1. The van der Waals surface area contributed by atoms with Crippen LogP contribution in [0.1, 0.15) is 0 Å². The summed E-state index contributed by atoms with van der Waals surface area (Å²) in [6, 6.07) is 7.65. The molecule has 3 nitrogen and oxygen atoms in total. The fourth-order valence-corrected chi connectivity index (χ4v) is 5.49. The van der Waals surface area contributed by atoms with E-state index < -0.39 is 15.8 Å². The summed E-state index contributed by atoms with van der Waals surface area (Å²) in [6.45, 7) is 0. The zero-order valence-electron chi connectivity index (χ0n) is 9.72. The van der Waals surface area contributed by atoms with Crippen molar-refractivity contribution in [2.24, 2.45) is 0 Å². The number of thioether (sulfide) groups is 1. The third-order valence-corrected chi connectivity index (χ3v) is 7.00. The van der Waals surface area contributed by atoms with Gasteiger partial charge in [0.1, 0.15) is 0 Å². The van der Waals surface area contributed by atoms with E-state index in [0.717, 1.165) is 11.3 Å². The van der Waals surface area contributed by atoms with Crippen molar-refractivity contribution in [2.45, 2.75) is 14.9 Å². The standard InChI is InChI=1S/C11H8BrF2NO2S3/c12-7-5-6-18-10(7)20(16,17)15-8-3-1-2-4-9(8)19-11(13)14/h1-6,11,15H. The first-order chi connectivity index (χ1) is 9.40. The van der Waals surface area contributed by atoms with Crippen LogP contribution in [0, 0.1) is 0 Å². The van der Waals surface area contributed by atoms with Crippen LogP contribution in [0.5, 0.6) is 0 Å². The average molecular weight is 400 g/mol. The molecule has 9 heteroatoms. The van der Waals surface area contributed by atoms with Crippen LogP contribution in [0.3, 0.4) is 0 Å². The lowest BCUT2D eigenvalue weighted by molar-refractivity contribution is 0.252. The van der Waals surface area contributed by atoms with Gasteiger partial charge in [0.2, 0.25) is 0 Å². The molecule has 1 N–H and O–H groups in total. The van der Waals surface area contributed by atoms with Gasteiger partial charge in [0.05, 0.1) is 5.69 Å². The molecule has 0 unspecified atom stereocenters. The second-order valence-corrected chi connectivity index (χ2v) is 8.22. The third kappa shape index (κ3) is 3.72. The Labute approximate surface area is 131 Å². The van der Waals surface area contributed by atoms with Gasteiger partial charge in [-0.1, -0.05) is 23.9 Å². The largest absolute Gasteiger partial charge is 0.288 e. The lowest BCUT2D eigenvalue weighted by Crippen LogP contribution is -2.12. The van der Waals surface area contributed by atoms with E-state index in [2.05, 4.69) is 20.7 Å². The molecule has 0 fully saturated rings. The van der Waals surface area contributed by atoms with E-state index in [1.54, 1.807) is 23.6 Å². The molecule has 2 rings (SSSR count). The van der Waals surface area contributed by atoms with Crippen LogP contribution in [0.4, 0.5) is 14.5 Å². The molecule has 0 saturated carbocycles. The second-order valence-electron chi connectivity index (χ2n) is 3.54. The van der Waals surface area contributed by atoms with Crippen molar-refractivity contribution in [1.29, 1.82) is 0 Å². The fraction of sp³-hybridized carbons (Fsp3) is 0.0909. The lowest BCUT2D eigenvalue weighted by atomic mass is 10.3. The number of nitrogens with one attached hydrogen (secondary N) is 1. The van der Waals surface area contributed by atoms with Crippen molar-refractivity contribution in [2.75, 3.05) is 4.72 Å². The number of rotatable bonds is 5. The maximum absolute atomic E-state index is 12.5. The van der Waals surface area contributed by atoms with Crippen LogP contribution in [-0.2, 0) is 10.0 Å². The molecule has 2 aromatic rings. The highest BCUT2D eigenvalue weighted by Crippen LogP contribution is 2.34. The molecule has 20 heavy (non-hydrogen) atoms. The summed E-state index contributed by atoms with van der Waals surface area (Å²) < 4.78 is 52.2. The van der Waals surface area contributed by atoms with Crippen molar-refractivity contribution in [1.82, 2.24) is 0 Å². The van der Waals surface area contributed by atoms with Gasteiger partial charge < -0.3 is 0 Å². The first-order valence-electron chi connectivity index (χ1n) is 5.20. The Morgan fingerprint density at radius 3 is 2.55 bits per heavy atom. The number of anilines is 1. The summed E-state index contributed by atoms with van der Waals surface area (Å²) in [4.78, 5) is 0.179. The van der Waals surface area contributed by atoms with E-state index in [0.29, 0.717) is 16.2 Å². The van der Waals surface area contributed by atoms with Gasteiger partial charge >= 0.3 is 0 Å². The molecule has 0 atom stereocenters. The molecule has 1 heterocycles. The molecule has 1 aromatic carbocycles. The summed E-state index contributed by atoms with van der Waals surface area (Å²) >= 11 is 4.48. The van der Waals surface area contributed by atoms with Crippen LogP contribution in [-0.4, -0.2) is 14.2 Å². The van der Waals surface area contributed by atoms with E-state index in [4.69, 9.17) is 0 Å². The molecule has 0 aliphatic carbocycles. The molecule has 0 bridgehead atoms. The predicted octanol–water partition coefficient (Wildman–Crippen LogP) is 4.63. The van der Waals surface area contributed by atoms with Crippen LogP contribution in [0.15, 0.2) is 49.3 Å². The number of alkyl halides is 2. The average Bonchev–Trinajstić information content (AvgIpc) is 2.78. The minimum Gasteiger partial charge on any atom is -0.278 e. The van der Waals surface area contributed by atoms with Gasteiger partial charge in [0, 0.05) is 9.37 Å². The van der Waals surface area contributed by atoms with Gasteiger partial charge in [-0.25, -0.2) is 8.42 Å². The lowest BCUT2D eigenvalue weighted by Gasteiger charge is -2.11. The first-order valence-corrected chi connectivity index (χ1v) is 9.23. The van der Waals surface area contributed by atoms with Crippen molar-refractivity contribution >= 4 is 54.7 Å². The van der Waals surface area contributed by atoms with E-state index in [-0.39, 0.29) is 14.8 Å². The Hall–Kier alpha value is -0.640. The van der Waals surface area contributed by atoms with Crippen LogP contribution >= 0.6 is 39.0 Å². The van der Waals surface area contributed by atoms with Gasteiger partial charge in [-0.2, -0.15) is 8.78 Å². The van der Waals surface area contributed by atoms with Crippen molar-refractivity contribution < 1.29 is 17.2 Å². The van der Waals surface area contributed by atoms with E-state index >= 15 is 0 Å². The zero-order valence-corrected chi connectivity index (χ0v) is 13.8. The van der Waals surface area contributed by atoms with Crippen molar-refractivity contribution in [3.05, 3.63) is 40.2 Å². The van der Waals surface area contributed by atoms with Gasteiger partial charge in [-0.15, -0.1) is 11.3 Å². The summed E-state index contributed by atoms with van der Waals surface area (Å²) in [5.74, 6) is -2.62. The highest BCUT2D eigenvalue weighted by atomic mass is 79.9. The third-order valence-electron chi connectivity index (χ3n) is 2.18. The summed E-state index contributed by atoms with van der Waals surface area (Å²) in [6.07, 6.45) is 0. The molecule has 108 valence electrons. The Kier molecular flexibility index (Phi) is 5.05. The normalized spacial score (nSPS) is 11.8. The molecule has 0 aliphatic heterocycles. The van der Waals surface area contributed by atoms with E-state index in [1.807, 2.05) is 0 Å². The smallest absolute Gasteiger partial charge is 0.278 e.